The highest BCUT2D eigenvalue weighted by Gasteiger charge is 2.16. The molecule has 1 fully saturated rings. The van der Waals surface area contributed by atoms with Gasteiger partial charge in [-0.3, -0.25) is 9.59 Å². The number of benzene rings is 3. The molecule has 4 rings (SSSR count). The van der Waals surface area contributed by atoms with Crippen LogP contribution in [-0.2, 0) is 4.79 Å². The average Bonchev–Trinajstić information content (AvgIpc) is 3.04. The van der Waals surface area contributed by atoms with Crippen LogP contribution in [0.1, 0.15) is 75.2 Å². The molecule has 0 radical (unpaired) electrons. The van der Waals surface area contributed by atoms with Gasteiger partial charge in [-0.25, -0.2) is 4.79 Å². The van der Waals surface area contributed by atoms with Gasteiger partial charge in [0.15, 0.2) is 0 Å². The number of amides is 4. The molecule has 0 aliphatic carbocycles. The normalized spacial score (nSPS) is 13.3. The van der Waals surface area contributed by atoms with Gasteiger partial charge in [-0.1, -0.05) is 20.3 Å². The summed E-state index contributed by atoms with van der Waals surface area (Å²) in [5.74, 6) is 1.06. The minimum absolute atomic E-state index is 0.00357. The molecule has 0 spiro atoms. The third-order valence-corrected chi connectivity index (χ3v) is 8.22. The highest BCUT2D eigenvalue weighted by Crippen LogP contribution is 2.28. The van der Waals surface area contributed by atoms with Crippen molar-refractivity contribution < 1.29 is 19.1 Å². The third kappa shape index (κ3) is 10.1. The summed E-state index contributed by atoms with van der Waals surface area (Å²) in [6.45, 7) is 11.5. The standard InChI is InChI=1S/C36H47N5O4/c1-5-29(6-2)38-36(44)39-30-13-18-33(19-14-30)45-34-20-15-31(25-26(34)3)37-35(43)28-11-16-32(17-12-28)41(27(4)42)24-10-23-40-21-8-7-9-22-40/h11-20,25,29H,5-10,21-24H2,1-4H3,(H,37,43)(H2,38,39,44). The molecule has 45 heavy (non-hydrogen) atoms. The van der Waals surface area contributed by atoms with Crippen molar-refractivity contribution in [2.75, 3.05) is 41.7 Å². The first kappa shape index (κ1) is 33.5. The monoisotopic (exact) mass is 613 g/mol. The number of carbonyl (C=O) groups excluding carboxylic acids is 3. The molecule has 1 heterocycles. The number of hydrogen-bond donors (Lipinski definition) is 3. The van der Waals surface area contributed by atoms with Gasteiger partial charge in [0.05, 0.1) is 0 Å². The molecule has 3 aromatic carbocycles. The van der Waals surface area contributed by atoms with Crippen molar-refractivity contribution in [3.63, 3.8) is 0 Å². The molecule has 4 amide bonds. The number of hydrogen-bond acceptors (Lipinski definition) is 5. The molecule has 0 atom stereocenters. The van der Waals surface area contributed by atoms with Crippen LogP contribution in [0.4, 0.5) is 21.9 Å². The van der Waals surface area contributed by atoms with Crippen molar-refractivity contribution in [3.05, 3.63) is 77.9 Å². The lowest BCUT2D eigenvalue weighted by Gasteiger charge is -2.28. The molecule has 9 heteroatoms. The van der Waals surface area contributed by atoms with Crippen LogP contribution < -0.4 is 25.6 Å². The first-order valence-electron chi connectivity index (χ1n) is 16.1. The highest BCUT2D eigenvalue weighted by atomic mass is 16.5. The quantitative estimate of drug-likeness (QED) is 0.184. The van der Waals surface area contributed by atoms with Crippen molar-refractivity contribution in [1.29, 1.82) is 0 Å². The molecule has 3 aromatic rings. The Kier molecular flexibility index (Phi) is 12.4. The molecule has 0 saturated carbocycles. The summed E-state index contributed by atoms with van der Waals surface area (Å²) < 4.78 is 6.05. The zero-order valence-electron chi connectivity index (χ0n) is 27.0. The van der Waals surface area contributed by atoms with Crippen molar-refractivity contribution in [1.82, 2.24) is 10.2 Å². The van der Waals surface area contributed by atoms with E-state index < -0.39 is 0 Å². The van der Waals surface area contributed by atoms with Gasteiger partial charge >= 0.3 is 6.03 Å². The van der Waals surface area contributed by atoms with E-state index in [1.165, 1.54) is 19.3 Å². The second kappa shape index (κ2) is 16.6. The summed E-state index contributed by atoms with van der Waals surface area (Å²) in [5.41, 5.74) is 3.49. The van der Waals surface area contributed by atoms with E-state index >= 15 is 0 Å². The maximum atomic E-state index is 13.0. The molecular formula is C36H47N5O4. The lowest BCUT2D eigenvalue weighted by atomic mass is 10.1. The Labute approximate surface area is 267 Å². The van der Waals surface area contributed by atoms with Gasteiger partial charge < -0.3 is 30.5 Å². The Hall–Kier alpha value is -4.37. The van der Waals surface area contributed by atoms with Gasteiger partial charge in [-0.2, -0.15) is 0 Å². The summed E-state index contributed by atoms with van der Waals surface area (Å²) in [4.78, 5) is 41.8. The lowest BCUT2D eigenvalue weighted by molar-refractivity contribution is -0.116. The van der Waals surface area contributed by atoms with E-state index in [-0.39, 0.29) is 23.9 Å². The summed E-state index contributed by atoms with van der Waals surface area (Å²) in [7, 11) is 0. The molecule has 0 aromatic heterocycles. The Morgan fingerprint density at radius 3 is 2.16 bits per heavy atom. The third-order valence-electron chi connectivity index (χ3n) is 8.22. The first-order valence-corrected chi connectivity index (χ1v) is 16.1. The molecule has 9 nitrogen and oxygen atoms in total. The van der Waals surface area contributed by atoms with Gasteiger partial charge in [-0.05, 0) is 131 Å². The Bertz CT molecular complexity index is 1410. The van der Waals surface area contributed by atoms with Crippen LogP contribution in [0.15, 0.2) is 66.7 Å². The van der Waals surface area contributed by atoms with Crippen LogP contribution >= 0.6 is 0 Å². The average molecular weight is 614 g/mol. The molecule has 240 valence electrons. The fourth-order valence-corrected chi connectivity index (χ4v) is 5.52. The number of carbonyl (C=O) groups is 3. The molecule has 0 bridgehead atoms. The van der Waals surface area contributed by atoms with Crippen LogP contribution in [-0.4, -0.2) is 55.0 Å². The Morgan fingerprint density at radius 1 is 0.867 bits per heavy atom. The summed E-state index contributed by atoms with van der Waals surface area (Å²) in [6, 6.07) is 19.8. The largest absolute Gasteiger partial charge is 0.457 e. The number of nitrogens with one attached hydrogen (secondary N) is 3. The number of urea groups is 1. The number of likely N-dealkylation sites (tertiary alicyclic amines) is 1. The van der Waals surface area contributed by atoms with E-state index in [2.05, 4.69) is 20.9 Å². The zero-order chi connectivity index (χ0) is 32.2. The number of rotatable bonds is 13. The summed E-state index contributed by atoms with van der Waals surface area (Å²) in [5, 5.41) is 8.76. The summed E-state index contributed by atoms with van der Waals surface area (Å²) in [6.07, 6.45) is 6.50. The second-order valence-corrected chi connectivity index (χ2v) is 11.6. The Balaban J connectivity index is 1.29. The maximum absolute atomic E-state index is 13.0. The van der Waals surface area contributed by atoms with Gasteiger partial charge in [0.2, 0.25) is 5.91 Å². The predicted molar refractivity (Wildman–Crippen MR) is 182 cm³/mol. The SMILES string of the molecule is CCC(CC)NC(=O)Nc1ccc(Oc2ccc(NC(=O)c3ccc(N(CCCN4CCCCC4)C(C)=O)cc3)cc2C)cc1. The van der Waals surface area contributed by atoms with Crippen molar-refractivity contribution in [2.24, 2.45) is 0 Å². The van der Waals surface area contributed by atoms with Crippen molar-refractivity contribution in [2.45, 2.75) is 72.3 Å². The minimum atomic E-state index is -0.231. The van der Waals surface area contributed by atoms with Crippen LogP contribution in [0.5, 0.6) is 11.5 Å². The number of piperidine rings is 1. The van der Waals surface area contributed by atoms with E-state index in [9.17, 15) is 14.4 Å². The Morgan fingerprint density at radius 2 is 1.53 bits per heavy atom. The van der Waals surface area contributed by atoms with Crippen molar-refractivity contribution in [3.8, 4) is 11.5 Å². The minimum Gasteiger partial charge on any atom is -0.457 e. The molecule has 1 saturated heterocycles. The van der Waals surface area contributed by atoms with Crippen LogP contribution in [0.25, 0.3) is 0 Å². The fraction of sp³-hybridized carbons (Fsp3) is 0.417. The van der Waals surface area contributed by atoms with Gasteiger partial charge in [0.25, 0.3) is 5.91 Å². The number of anilines is 3. The molecular weight excluding hydrogens is 566 g/mol. The fourth-order valence-electron chi connectivity index (χ4n) is 5.52. The first-order chi connectivity index (χ1) is 21.7. The van der Waals surface area contributed by atoms with Gasteiger partial charge in [0.1, 0.15) is 11.5 Å². The maximum Gasteiger partial charge on any atom is 0.319 e. The highest BCUT2D eigenvalue weighted by molar-refractivity contribution is 6.04. The van der Waals surface area contributed by atoms with Crippen molar-refractivity contribution >= 4 is 34.9 Å². The van der Waals surface area contributed by atoms with Crippen LogP contribution in [0.2, 0.25) is 0 Å². The van der Waals surface area contributed by atoms with E-state index in [0.717, 1.165) is 50.1 Å². The summed E-state index contributed by atoms with van der Waals surface area (Å²) >= 11 is 0. The molecule has 0 unspecified atom stereocenters. The van der Waals surface area contributed by atoms with E-state index in [1.807, 2.05) is 45.0 Å². The van der Waals surface area contributed by atoms with Gasteiger partial charge in [-0.15, -0.1) is 0 Å². The lowest BCUT2D eigenvalue weighted by Crippen LogP contribution is -2.37. The van der Waals surface area contributed by atoms with Crippen LogP contribution in [0, 0.1) is 6.92 Å². The molecule has 1 aliphatic rings. The number of aryl methyl sites for hydroxylation is 1. The van der Waals surface area contributed by atoms with E-state index in [1.54, 1.807) is 54.3 Å². The molecule has 3 N–H and O–H groups in total. The smallest absolute Gasteiger partial charge is 0.319 e. The van der Waals surface area contributed by atoms with E-state index in [4.69, 9.17) is 4.74 Å². The zero-order valence-corrected chi connectivity index (χ0v) is 27.0. The molecule has 1 aliphatic heterocycles. The number of nitrogens with zero attached hydrogens (tertiary/aromatic N) is 2. The predicted octanol–water partition coefficient (Wildman–Crippen LogP) is 7.58. The second-order valence-electron chi connectivity index (χ2n) is 11.6. The van der Waals surface area contributed by atoms with Gasteiger partial charge in [0, 0.05) is 42.1 Å². The van der Waals surface area contributed by atoms with Crippen LogP contribution in [0.3, 0.4) is 0 Å². The topological polar surface area (TPSA) is 103 Å². The van der Waals surface area contributed by atoms with E-state index in [0.29, 0.717) is 35.0 Å². The number of ether oxygens (including phenoxy) is 1.